The largest absolute Gasteiger partial charge is 0.288 e. The minimum Gasteiger partial charge on any atom is -0.288 e. The topological polar surface area (TPSA) is 59.1 Å². The summed E-state index contributed by atoms with van der Waals surface area (Å²) in [7, 11) is 0. The lowest BCUT2D eigenvalue weighted by atomic mass is 10.1. The van der Waals surface area contributed by atoms with Gasteiger partial charge in [-0.2, -0.15) is 0 Å². The van der Waals surface area contributed by atoms with Crippen molar-refractivity contribution in [2.45, 2.75) is 6.92 Å². The predicted molar refractivity (Wildman–Crippen MR) is 40.8 cm³/mol. The molecule has 1 aromatic rings. The molecule has 0 bridgehead atoms. The number of carbonyl (C=O) groups is 2. The fraction of sp³-hybridized carbons (Fsp3) is 0.125. The molecule has 1 aromatic heterocycles. The van der Waals surface area contributed by atoms with Crippen LogP contribution in [0.3, 0.4) is 0 Å². The molecule has 1 aliphatic heterocycles. The van der Waals surface area contributed by atoms with Gasteiger partial charge in [0.15, 0.2) is 0 Å². The zero-order valence-corrected chi connectivity index (χ0v) is 6.42. The van der Waals surface area contributed by atoms with Gasteiger partial charge in [0.05, 0.1) is 11.1 Å². The van der Waals surface area contributed by atoms with Crippen LogP contribution in [0.25, 0.3) is 0 Å². The summed E-state index contributed by atoms with van der Waals surface area (Å²) in [6, 6.07) is 1.61. The summed E-state index contributed by atoms with van der Waals surface area (Å²) in [6.07, 6.45) is 1.42. The second-order valence-corrected chi connectivity index (χ2v) is 2.65. The van der Waals surface area contributed by atoms with Crippen LogP contribution in [0.15, 0.2) is 12.3 Å². The van der Waals surface area contributed by atoms with E-state index in [2.05, 4.69) is 10.3 Å². The van der Waals surface area contributed by atoms with Crippen LogP contribution >= 0.6 is 0 Å². The van der Waals surface area contributed by atoms with Crippen LogP contribution in [-0.2, 0) is 0 Å². The second-order valence-electron chi connectivity index (χ2n) is 2.65. The summed E-state index contributed by atoms with van der Waals surface area (Å²) in [5, 5.41) is 2.19. The Morgan fingerprint density at radius 2 is 1.92 bits per heavy atom. The van der Waals surface area contributed by atoms with Gasteiger partial charge in [0.25, 0.3) is 11.8 Å². The Balaban J connectivity index is 2.68. The third-order valence-electron chi connectivity index (χ3n) is 1.76. The summed E-state index contributed by atoms with van der Waals surface area (Å²) in [6.45, 7) is 1.77. The molecule has 0 atom stereocenters. The first kappa shape index (κ1) is 6.97. The highest BCUT2D eigenvalue weighted by Crippen LogP contribution is 2.14. The molecule has 0 fully saturated rings. The number of pyridine rings is 1. The fourth-order valence-corrected chi connectivity index (χ4v) is 1.17. The number of amides is 2. The summed E-state index contributed by atoms with van der Waals surface area (Å²) >= 11 is 0. The van der Waals surface area contributed by atoms with Crippen LogP contribution in [0.1, 0.15) is 26.4 Å². The lowest BCUT2D eigenvalue weighted by Crippen LogP contribution is -2.19. The van der Waals surface area contributed by atoms with Crippen molar-refractivity contribution in [3.05, 3.63) is 29.1 Å². The third-order valence-corrected chi connectivity index (χ3v) is 1.76. The van der Waals surface area contributed by atoms with E-state index in [1.165, 1.54) is 6.20 Å². The van der Waals surface area contributed by atoms with Gasteiger partial charge in [-0.15, -0.1) is 0 Å². The first-order chi connectivity index (χ1) is 5.68. The van der Waals surface area contributed by atoms with Crippen molar-refractivity contribution in [3.63, 3.8) is 0 Å². The lowest BCUT2D eigenvalue weighted by Gasteiger charge is -1.93. The maximum atomic E-state index is 11.1. The van der Waals surface area contributed by atoms with Gasteiger partial charge in [0.2, 0.25) is 0 Å². The molecular weight excluding hydrogens is 156 g/mol. The summed E-state index contributed by atoms with van der Waals surface area (Å²) in [5.41, 5.74) is 1.52. The van der Waals surface area contributed by atoms with Crippen LogP contribution in [0.2, 0.25) is 0 Å². The first-order valence-electron chi connectivity index (χ1n) is 3.51. The number of nitrogens with zero attached hydrogens (tertiary/aromatic N) is 1. The van der Waals surface area contributed by atoms with E-state index in [0.29, 0.717) is 11.1 Å². The summed E-state index contributed by atoms with van der Waals surface area (Å²) in [4.78, 5) is 26.0. The molecule has 0 saturated heterocycles. The van der Waals surface area contributed by atoms with Gasteiger partial charge in [-0.3, -0.25) is 19.9 Å². The van der Waals surface area contributed by atoms with Crippen LogP contribution < -0.4 is 5.32 Å². The van der Waals surface area contributed by atoms with Crippen molar-refractivity contribution in [3.8, 4) is 0 Å². The standard InChI is InChI=1S/C8H6N2O2/c1-4-2-5-6(3-9-4)8(12)10-7(5)11/h2-3H,1H3,(H,10,11,12). The number of aryl methyl sites for hydroxylation is 1. The van der Waals surface area contributed by atoms with Gasteiger partial charge in [-0.25, -0.2) is 0 Å². The van der Waals surface area contributed by atoms with Gasteiger partial charge < -0.3 is 0 Å². The molecule has 0 saturated carbocycles. The third kappa shape index (κ3) is 0.812. The minimum absolute atomic E-state index is 0.333. The van der Waals surface area contributed by atoms with Crippen LogP contribution in [0.4, 0.5) is 0 Å². The van der Waals surface area contributed by atoms with Crippen molar-refractivity contribution in [1.82, 2.24) is 10.3 Å². The monoisotopic (exact) mass is 162 g/mol. The highest BCUT2D eigenvalue weighted by atomic mass is 16.2. The van der Waals surface area contributed by atoms with E-state index in [4.69, 9.17) is 0 Å². The van der Waals surface area contributed by atoms with Gasteiger partial charge in [-0.1, -0.05) is 0 Å². The molecule has 12 heavy (non-hydrogen) atoms. The van der Waals surface area contributed by atoms with Crippen molar-refractivity contribution >= 4 is 11.8 Å². The number of nitrogens with one attached hydrogen (secondary N) is 1. The number of hydrogen-bond acceptors (Lipinski definition) is 3. The maximum Gasteiger partial charge on any atom is 0.260 e. The molecule has 2 heterocycles. The highest BCUT2D eigenvalue weighted by Gasteiger charge is 2.26. The molecule has 0 aliphatic carbocycles. The second kappa shape index (κ2) is 2.14. The molecule has 4 nitrogen and oxygen atoms in total. The van der Waals surface area contributed by atoms with Crippen molar-refractivity contribution in [1.29, 1.82) is 0 Å². The Hall–Kier alpha value is -1.71. The molecule has 2 amide bonds. The van der Waals surface area contributed by atoms with Crippen molar-refractivity contribution in [2.24, 2.45) is 0 Å². The van der Waals surface area contributed by atoms with Crippen LogP contribution in [-0.4, -0.2) is 16.8 Å². The number of aromatic nitrogens is 1. The molecule has 60 valence electrons. The normalized spacial score (nSPS) is 14.4. The van der Waals surface area contributed by atoms with Gasteiger partial charge in [-0.05, 0) is 13.0 Å². The van der Waals surface area contributed by atoms with Crippen LogP contribution in [0, 0.1) is 6.92 Å². The predicted octanol–water partition coefficient (Wildman–Crippen LogP) is 0.274. The molecule has 1 aliphatic rings. The number of imide groups is 1. The molecule has 0 unspecified atom stereocenters. The molecule has 0 radical (unpaired) electrons. The Bertz CT molecular complexity index is 385. The average molecular weight is 162 g/mol. The van der Waals surface area contributed by atoms with E-state index >= 15 is 0 Å². The SMILES string of the molecule is Cc1cc2c(cn1)C(=O)NC2=O. The fourth-order valence-electron chi connectivity index (χ4n) is 1.17. The summed E-state index contributed by atoms with van der Waals surface area (Å²) < 4.78 is 0. The molecular formula is C8H6N2O2. The summed E-state index contributed by atoms with van der Waals surface area (Å²) in [5.74, 6) is -0.692. The molecule has 2 rings (SSSR count). The Labute approximate surface area is 68.6 Å². The lowest BCUT2D eigenvalue weighted by molar-refractivity contribution is 0.0879. The molecule has 0 spiro atoms. The molecule has 4 heteroatoms. The van der Waals surface area contributed by atoms with E-state index in [9.17, 15) is 9.59 Å². The Kier molecular flexibility index (Phi) is 1.24. The zero-order valence-electron chi connectivity index (χ0n) is 6.42. The quantitative estimate of drug-likeness (QED) is 0.557. The number of fused-ring (bicyclic) bond motifs is 1. The molecule has 1 N–H and O–H groups in total. The van der Waals surface area contributed by atoms with Gasteiger partial charge in [0.1, 0.15) is 0 Å². The number of rotatable bonds is 0. The van der Waals surface area contributed by atoms with Gasteiger partial charge in [0, 0.05) is 11.9 Å². The maximum absolute atomic E-state index is 11.1. The van der Waals surface area contributed by atoms with Crippen molar-refractivity contribution < 1.29 is 9.59 Å². The average Bonchev–Trinajstić information content (AvgIpc) is 2.28. The van der Waals surface area contributed by atoms with E-state index < -0.39 is 0 Å². The van der Waals surface area contributed by atoms with E-state index in [-0.39, 0.29) is 11.8 Å². The van der Waals surface area contributed by atoms with Crippen LogP contribution in [0.5, 0.6) is 0 Å². The molecule has 0 aromatic carbocycles. The highest BCUT2D eigenvalue weighted by molar-refractivity contribution is 6.21. The smallest absolute Gasteiger partial charge is 0.260 e. The first-order valence-corrected chi connectivity index (χ1v) is 3.51. The van der Waals surface area contributed by atoms with Gasteiger partial charge >= 0.3 is 0 Å². The number of hydrogen-bond donors (Lipinski definition) is 1. The van der Waals surface area contributed by atoms with Crippen molar-refractivity contribution in [2.75, 3.05) is 0 Å². The Morgan fingerprint density at radius 3 is 2.67 bits per heavy atom. The van der Waals surface area contributed by atoms with E-state index in [0.717, 1.165) is 5.69 Å². The number of carbonyl (C=O) groups excluding carboxylic acids is 2. The van der Waals surface area contributed by atoms with E-state index in [1.54, 1.807) is 13.0 Å². The zero-order chi connectivity index (χ0) is 8.72. The Morgan fingerprint density at radius 1 is 1.25 bits per heavy atom. The minimum atomic E-state index is -0.359. The van der Waals surface area contributed by atoms with E-state index in [1.807, 2.05) is 0 Å².